The molecule has 2 aromatic carbocycles. The molecule has 0 saturated heterocycles. The van der Waals surface area contributed by atoms with E-state index in [1.165, 1.54) is 0 Å². The maximum Gasteiger partial charge on any atom is 0.333 e. The van der Waals surface area contributed by atoms with Crippen molar-refractivity contribution in [2.45, 2.75) is 39.5 Å². The molecule has 152 valence electrons. The maximum absolute atomic E-state index is 11.3. The number of hydrogen-bond acceptors (Lipinski definition) is 5. The van der Waals surface area contributed by atoms with E-state index in [1.807, 2.05) is 49.4 Å². The van der Waals surface area contributed by atoms with Crippen LogP contribution >= 0.6 is 0 Å². The molecule has 0 atom stereocenters. The Hall–Kier alpha value is -3.15. The molecule has 0 N–H and O–H groups in total. The minimum atomic E-state index is -0.319. The third kappa shape index (κ3) is 5.67. The van der Waals surface area contributed by atoms with Crippen LogP contribution in [0.2, 0.25) is 0 Å². The first-order chi connectivity index (χ1) is 14.0. The van der Waals surface area contributed by atoms with Crippen LogP contribution in [0.5, 0.6) is 5.75 Å². The van der Waals surface area contributed by atoms with Crippen LogP contribution in [0.4, 0.5) is 0 Å². The molecule has 0 fully saturated rings. The van der Waals surface area contributed by atoms with Gasteiger partial charge in [0.05, 0.1) is 13.2 Å². The fourth-order valence-electron chi connectivity index (χ4n) is 2.90. The Morgan fingerprint density at radius 2 is 1.66 bits per heavy atom. The smallest absolute Gasteiger partial charge is 0.333 e. The minimum absolute atomic E-state index is 0.319. The van der Waals surface area contributed by atoms with Crippen LogP contribution in [-0.4, -0.2) is 34.2 Å². The third-order valence-electron chi connectivity index (χ3n) is 4.49. The summed E-state index contributed by atoms with van der Waals surface area (Å²) in [6, 6.07) is 13.8. The summed E-state index contributed by atoms with van der Waals surface area (Å²) in [4.78, 5) is 13.0. The van der Waals surface area contributed by atoms with E-state index in [9.17, 15) is 4.79 Å². The maximum atomic E-state index is 11.3. The minimum Gasteiger partial charge on any atom is -0.491 e. The topological polar surface area (TPSA) is 66.2 Å². The summed E-state index contributed by atoms with van der Waals surface area (Å²) in [5.74, 6) is 0.450. The highest BCUT2D eigenvalue weighted by Gasteiger charge is 2.11. The van der Waals surface area contributed by atoms with Gasteiger partial charge in [-0.05, 0) is 69.4 Å². The molecule has 0 unspecified atom stereocenters. The molecule has 0 bridgehead atoms. The first-order valence-corrected chi connectivity index (χ1v) is 9.93. The van der Waals surface area contributed by atoms with Gasteiger partial charge < -0.3 is 9.47 Å². The molecule has 0 amide bonds. The number of rotatable bonds is 10. The number of aryl methyl sites for hydroxylation is 1. The molecule has 3 aromatic rings. The molecule has 0 aliphatic heterocycles. The molecule has 0 spiro atoms. The number of unbranched alkanes of at least 4 members (excludes halogenated alkanes) is 3. The van der Waals surface area contributed by atoms with Crippen LogP contribution in [0.1, 0.15) is 38.2 Å². The van der Waals surface area contributed by atoms with Gasteiger partial charge in [-0.25, -0.2) is 4.79 Å². The highest BCUT2D eigenvalue weighted by atomic mass is 16.5. The average molecular weight is 393 g/mol. The molecule has 0 aliphatic carbocycles. The SMILES string of the molecule is C=C(C)C(=O)OCCCCCCOc1ccc(C)cc1-n1nc2ccccc2n1. The molecule has 6 heteroatoms. The van der Waals surface area contributed by atoms with E-state index in [-0.39, 0.29) is 5.97 Å². The van der Waals surface area contributed by atoms with Crippen LogP contribution in [0.15, 0.2) is 54.6 Å². The number of benzene rings is 2. The van der Waals surface area contributed by atoms with Crippen molar-refractivity contribution in [2.24, 2.45) is 0 Å². The average Bonchev–Trinajstić information content (AvgIpc) is 3.14. The third-order valence-corrected chi connectivity index (χ3v) is 4.49. The van der Waals surface area contributed by atoms with Crippen molar-refractivity contribution in [1.29, 1.82) is 0 Å². The Kier molecular flexibility index (Phi) is 7.00. The molecule has 1 aromatic heterocycles. The normalized spacial score (nSPS) is 10.8. The lowest BCUT2D eigenvalue weighted by Crippen LogP contribution is -2.07. The van der Waals surface area contributed by atoms with Gasteiger partial charge in [-0.2, -0.15) is 0 Å². The van der Waals surface area contributed by atoms with E-state index in [0.29, 0.717) is 18.8 Å². The van der Waals surface area contributed by atoms with Gasteiger partial charge in [0.1, 0.15) is 22.5 Å². The van der Waals surface area contributed by atoms with Gasteiger partial charge >= 0.3 is 5.97 Å². The lowest BCUT2D eigenvalue weighted by Gasteiger charge is -2.11. The molecule has 3 rings (SSSR count). The van der Waals surface area contributed by atoms with Crippen molar-refractivity contribution < 1.29 is 14.3 Å². The standard InChI is InChI=1S/C23H27N3O3/c1-17(2)23(27)29-15-9-5-4-8-14-28-22-13-12-18(3)16-21(22)26-24-19-10-6-7-11-20(19)25-26/h6-7,10-13,16H,1,4-5,8-9,14-15H2,2-3H3. The fraction of sp³-hybridized carbons (Fsp3) is 0.348. The predicted octanol–water partition coefficient (Wildman–Crippen LogP) is 4.79. The van der Waals surface area contributed by atoms with Gasteiger partial charge in [-0.3, -0.25) is 0 Å². The van der Waals surface area contributed by atoms with Crippen molar-refractivity contribution in [2.75, 3.05) is 13.2 Å². The Bertz CT molecular complexity index is 961. The van der Waals surface area contributed by atoms with Crippen LogP contribution in [0.3, 0.4) is 0 Å². The molecule has 6 nitrogen and oxygen atoms in total. The second kappa shape index (κ2) is 9.87. The number of esters is 1. The van der Waals surface area contributed by atoms with Crippen molar-refractivity contribution in [3.63, 3.8) is 0 Å². The van der Waals surface area contributed by atoms with Gasteiger partial charge in [0.25, 0.3) is 0 Å². The van der Waals surface area contributed by atoms with Crippen LogP contribution < -0.4 is 4.74 Å². The second-order valence-electron chi connectivity index (χ2n) is 7.13. The Morgan fingerprint density at radius 1 is 1.00 bits per heavy atom. The first-order valence-electron chi connectivity index (χ1n) is 9.93. The molecular weight excluding hydrogens is 366 g/mol. The zero-order valence-electron chi connectivity index (χ0n) is 17.1. The number of fused-ring (bicyclic) bond motifs is 1. The zero-order chi connectivity index (χ0) is 20.6. The van der Waals surface area contributed by atoms with E-state index in [0.717, 1.165) is 53.7 Å². The van der Waals surface area contributed by atoms with Gasteiger partial charge in [0, 0.05) is 5.57 Å². The van der Waals surface area contributed by atoms with E-state index in [4.69, 9.17) is 9.47 Å². The number of hydrogen-bond donors (Lipinski definition) is 0. The van der Waals surface area contributed by atoms with E-state index in [2.05, 4.69) is 16.8 Å². The highest BCUT2D eigenvalue weighted by molar-refractivity contribution is 5.86. The highest BCUT2D eigenvalue weighted by Crippen LogP contribution is 2.24. The lowest BCUT2D eigenvalue weighted by molar-refractivity contribution is -0.139. The van der Waals surface area contributed by atoms with Crippen molar-refractivity contribution in [3.05, 3.63) is 60.2 Å². The van der Waals surface area contributed by atoms with Gasteiger partial charge in [-0.15, -0.1) is 15.0 Å². The number of ether oxygens (including phenoxy) is 2. The second-order valence-corrected chi connectivity index (χ2v) is 7.13. The van der Waals surface area contributed by atoms with Crippen molar-refractivity contribution in [3.8, 4) is 11.4 Å². The quantitative estimate of drug-likeness (QED) is 0.281. The van der Waals surface area contributed by atoms with Crippen molar-refractivity contribution in [1.82, 2.24) is 15.0 Å². The zero-order valence-corrected chi connectivity index (χ0v) is 17.1. The molecule has 29 heavy (non-hydrogen) atoms. The van der Waals surface area contributed by atoms with E-state index >= 15 is 0 Å². The molecule has 0 radical (unpaired) electrons. The summed E-state index contributed by atoms with van der Waals surface area (Å²) < 4.78 is 11.1. The van der Waals surface area contributed by atoms with E-state index in [1.54, 1.807) is 11.7 Å². The summed E-state index contributed by atoms with van der Waals surface area (Å²) in [5, 5.41) is 9.13. The van der Waals surface area contributed by atoms with Crippen LogP contribution in [0.25, 0.3) is 16.7 Å². The van der Waals surface area contributed by atoms with Gasteiger partial charge in [-0.1, -0.05) is 24.8 Å². The summed E-state index contributed by atoms with van der Waals surface area (Å²) in [5.41, 5.74) is 4.11. The van der Waals surface area contributed by atoms with Crippen LogP contribution in [-0.2, 0) is 9.53 Å². The van der Waals surface area contributed by atoms with Crippen molar-refractivity contribution >= 4 is 17.0 Å². The Balaban J connectivity index is 1.50. The Labute approximate surface area is 171 Å². The lowest BCUT2D eigenvalue weighted by atomic mass is 10.2. The number of aromatic nitrogens is 3. The first kappa shape index (κ1) is 20.6. The summed E-state index contributed by atoms with van der Waals surface area (Å²) in [6.45, 7) is 8.31. The Morgan fingerprint density at radius 3 is 2.31 bits per heavy atom. The number of carbonyl (C=O) groups excluding carboxylic acids is 1. The fourth-order valence-corrected chi connectivity index (χ4v) is 2.90. The molecule has 0 saturated carbocycles. The number of carbonyl (C=O) groups is 1. The van der Waals surface area contributed by atoms with Gasteiger partial charge in [0.2, 0.25) is 0 Å². The number of nitrogens with zero attached hydrogens (tertiary/aromatic N) is 3. The molecule has 1 heterocycles. The summed E-state index contributed by atoms with van der Waals surface area (Å²) in [7, 11) is 0. The monoisotopic (exact) mass is 393 g/mol. The molecular formula is C23H27N3O3. The molecule has 0 aliphatic rings. The van der Waals surface area contributed by atoms with E-state index < -0.39 is 0 Å². The summed E-state index contributed by atoms with van der Waals surface area (Å²) >= 11 is 0. The van der Waals surface area contributed by atoms with Gasteiger partial charge in [0.15, 0.2) is 0 Å². The summed E-state index contributed by atoms with van der Waals surface area (Å²) in [6.07, 6.45) is 3.77. The predicted molar refractivity (Wildman–Crippen MR) is 113 cm³/mol. The van der Waals surface area contributed by atoms with Crippen LogP contribution in [0, 0.1) is 6.92 Å². The largest absolute Gasteiger partial charge is 0.491 e.